The third kappa shape index (κ3) is 10.7. The topological polar surface area (TPSA) is 23.2 Å². The van der Waals surface area contributed by atoms with E-state index in [1.165, 1.54) is 27.9 Å². The molecule has 176 valence electrons. The molecule has 1 saturated heterocycles. The third-order valence-corrected chi connectivity index (χ3v) is 6.57. The second-order valence-electron chi connectivity index (χ2n) is 10.3. The molecule has 0 aromatic rings. The quantitative estimate of drug-likeness (QED) is 0.212. The number of rotatable bonds is 15. The van der Waals surface area contributed by atoms with Crippen molar-refractivity contribution >= 4 is 0 Å². The van der Waals surface area contributed by atoms with Crippen LogP contribution in [-0.4, -0.2) is 34.7 Å². The first-order valence-corrected chi connectivity index (χ1v) is 12.2. The van der Waals surface area contributed by atoms with Crippen molar-refractivity contribution in [1.82, 2.24) is 4.90 Å². The summed E-state index contributed by atoms with van der Waals surface area (Å²) >= 11 is 0. The molecule has 1 fully saturated rings. The van der Waals surface area contributed by atoms with Gasteiger partial charge in [0.1, 0.15) is 0 Å². The van der Waals surface area contributed by atoms with E-state index in [0.717, 1.165) is 57.9 Å². The van der Waals surface area contributed by atoms with E-state index in [2.05, 4.69) is 84.2 Å². The highest BCUT2D eigenvalue weighted by atomic mass is 16.3. The van der Waals surface area contributed by atoms with Crippen LogP contribution in [0, 0.1) is 0 Å². The highest BCUT2D eigenvalue weighted by Crippen LogP contribution is 2.45. The molecule has 1 unspecified atom stereocenters. The van der Waals surface area contributed by atoms with E-state index in [1.54, 1.807) is 0 Å². The van der Waals surface area contributed by atoms with Crippen LogP contribution >= 0.6 is 0 Å². The van der Waals surface area contributed by atoms with Crippen LogP contribution in [-0.2, 0) is 0 Å². The number of hydrogen-bond donors (Lipinski definition) is 1. The zero-order valence-corrected chi connectivity index (χ0v) is 21.6. The fraction of sp³-hybridized carbons (Fsp3) is 0.655. The first-order chi connectivity index (χ1) is 14.6. The average Bonchev–Trinajstić information content (AvgIpc) is 3.22. The molecule has 1 aliphatic heterocycles. The van der Waals surface area contributed by atoms with Crippen molar-refractivity contribution in [3.05, 3.63) is 58.7 Å². The number of aliphatic hydroxyl groups is 1. The van der Waals surface area contributed by atoms with E-state index in [1.807, 2.05) is 0 Å². The first kappa shape index (κ1) is 27.7. The lowest BCUT2D eigenvalue weighted by Gasteiger charge is -2.13. The molecule has 0 spiro atoms. The summed E-state index contributed by atoms with van der Waals surface area (Å²) in [7, 11) is 0. The predicted molar refractivity (Wildman–Crippen MR) is 138 cm³/mol. The Labute approximate surface area is 193 Å². The maximum atomic E-state index is 9.86. The Balaban J connectivity index is 2.41. The minimum atomic E-state index is 0.116. The van der Waals surface area contributed by atoms with Gasteiger partial charge in [0.15, 0.2) is 0 Å². The molecule has 2 nitrogen and oxygen atoms in total. The minimum Gasteiger partial charge on any atom is -0.395 e. The van der Waals surface area contributed by atoms with Crippen LogP contribution in [0.15, 0.2) is 58.7 Å². The summed E-state index contributed by atoms with van der Waals surface area (Å²) in [5.74, 6) is 0. The molecular weight excluding hydrogens is 378 g/mol. The van der Waals surface area contributed by atoms with Crippen LogP contribution in [0.1, 0.15) is 99.8 Å². The van der Waals surface area contributed by atoms with Gasteiger partial charge in [-0.05, 0) is 99.8 Å². The van der Waals surface area contributed by atoms with Gasteiger partial charge >= 0.3 is 0 Å². The average molecular weight is 428 g/mol. The van der Waals surface area contributed by atoms with Gasteiger partial charge in [0.25, 0.3) is 0 Å². The molecule has 1 aliphatic rings. The van der Waals surface area contributed by atoms with Gasteiger partial charge in [-0.25, -0.2) is 0 Å². The molecular formula is C29H49NO. The van der Waals surface area contributed by atoms with Crippen molar-refractivity contribution < 1.29 is 5.11 Å². The molecule has 0 saturated carbocycles. The summed E-state index contributed by atoms with van der Waals surface area (Å²) in [4.78, 5) is 2.45. The van der Waals surface area contributed by atoms with E-state index in [-0.39, 0.29) is 18.2 Å². The maximum absolute atomic E-state index is 9.86. The van der Waals surface area contributed by atoms with Gasteiger partial charge in [0, 0.05) is 12.1 Å². The van der Waals surface area contributed by atoms with Gasteiger partial charge in [-0.2, -0.15) is 0 Å². The molecule has 0 aromatic carbocycles. The van der Waals surface area contributed by atoms with Crippen molar-refractivity contribution in [1.29, 1.82) is 0 Å². The molecule has 0 radical (unpaired) electrons. The molecule has 3 atom stereocenters. The maximum Gasteiger partial charge on any atom is 0.0605 e. The Morgan fingerprint density at radius 3 is 1.77 bits per heavy atom. The number of hydrogen-bond acceptors (Lipinski definition) is 2. The summed E-state index contributed by atoms with van der Waals surface area (Å²) in [6.07, 6.45) is 18.3. The summed E-state index contributed by atoms with van der Waals surface area (Å²) < 4.78 is 0. The lowest BCUT2D eigenvalue weighted by atomic mass is 9.99. The predicted octanol–water partition coefficient (Wildman–Crippen LogP) is 7.92. The van der Waals surface area contributed by atoms with Gasteiger partial charge in [-0.3, -0.25) is 4.90 Å². The Hall–Kier alpha value is -1.38. The lowest BCUT2D eigenvalue weighted by Crippen LogP contribution is -2.16. The molecule has 1 rings (SSSR count). The molecule has 31 heavy (non-hydrogen) atoms. The standard InChI is InChI=1S/C29H49NO/c1-23(2)13-9-15-25(5)17-11-18-27(7)21-30-28(22-31)29(30,8)20-12-19-26(6)16-10-14-24(3)4/h13-14,17,19,28,31H,7,9-12,15-16,18,20-22H2,1-6,8H3/b25-17+,26-19+/t28-,29-,30?/m0/s1. The highest BCUT2D eigenvalue weighted by molar-refractivity contribution is 5.19. The molecule has 0 aromatic heterocycles. The zero-order valence-electron chi connectivity index (χ0n) is 21.6. The fourth-order valence-corrected chi connectivity index (χ4v) is 4.31. The SMILES string of the molecule is C=C(CC/C=C(\C)CCC=C(C)C)CN1[C@@H](CO)[C@]1(C)CC/C=C(\C)CCC=C(C)C. The molecule has 0 amide bonds. The van der Waals surface area contributed by atoms with Crippen LogP contribution in [0.5, 0.6) is 0 Å². The third-order valence-electron chi connectivity index (χ3n) is 6.57. The van der Waals surface area contributed by atoms with Crippen molar-refractivity contribution in [3.63, 3.8) is 0 Å². The second-order valence-corrected chi connectivity index (χ2v) is 10.3. The summed E-state index contributed by atoms with van der Waals surface area (Å²) in [6.45, 7) is 20.9. The van der Waals surface area contributed by atoms with E-state index < -0.39 is 0 Å². The van der Waals surface area contributed by atoms with Crippen LogP contribution < -0.4 is 0 Å². The first-order valence-electron chi connectivity index (χ1n) is 12.2. The van der Waals surface area contributed by atoms with Crippen molar-refractivity contribution in [2.24, 2.45) is 0 Å². The lowest BCUT2D eigenvalue weighted by molar-refractivity contribution is 0.275. The second kappa shape index (κ2) is 13.9. The summed E-state index contributed by atoms with van der Waals surface area (Å²) in [5, 5.41) is 9.86. The van der Waals surface area contributed by atoms with Gasteiger partial charge in [0.05, 0.1) is 12.6 Å². The van der Waals surface area contributed by atoms with Crippen molar-refractivity contribution in [3.8, 4) is 0 Å². The minimum absolute atomic E-state index is 0.116. The smallest absolute Gasteiger partial charge is 0.0605 e. The summed E-state index contributed by atoms with van der Waals surface area (Å²) in [5.41, 5.74) is 7.14. The number of aliphatic hydroxyl groups excluding tert-OH is 1. The highest BCUT2D eigenvalue weighted by Gasteiger charge is 2.57. The summed E-state index contributed by atoms with van der Waals surface area (Å²) in [6, 6.07) is 0.282. The Morgan fingerprint density at radius 2 is 1.29 bits per heavy atom. The van der Waals surface area contributed by atoms with Gasteiger partial charge in [-0.15, -0.1) is 0 Å². The van der Waals surface area contributed by atoms with E-state index >= 15 is 0 Å². The Morgan fingerprint density at radius 1 is 0.806 bits per heavy atom. The van der Waals surface area contributed by atoms with Gasteiger partial charge in [0.2, 0.25) is 0 Å². The fourth-order valence-electron chi connectivity index (χ4n) is 4.31. The van der Waals surface area contributed by atoms with Gasteiger partial charge in [-0.1, -0.05) is 58.7 Å². The monoisotopic (exact) mass is 427 g/mol. The molecule has 2 heteroatoms. The molecule has 0 aliphatic carbocycles. The van der Waals surface area contributed by atoms with Crippen LogP contribution in [0.3, 0.4) is 0 Å². The normalized spacial score (nSPS) is 23.5. The number of allylic oxidation sites excluding steroid dienone is 8. The molecule has 1 N–H and O–H groups in total. The Kier molecular flexibility index (Phi) is 12.4. The number of nitrogens with zero attached hydrogens (tertiary/aromatic N) is 1. The van der Waals surface area contributed by atoms with E-state index in [9.17, 15) is 5.11 Å². The largest absolute Gasteiger partial charge is 0.395 e. The van der Waals surface area contributed by atoms with E-state index in [4.69, 9.17) is 0 Å². The van der Waals surface area contributed by atoms with Crippen LogP contribution in [0.2, 0.25) is 0 Å². The van der Waals surface area contributed by atoms with Crippen molar-refractivity contribution in [2.45, 2.75) is 111 Å². The molecule has 1 heterocycles. The zero-order chi connectivity index (χ0) is 23.4. The molecule has 0 bridgehead atoms. The van der Waals surface area contributed by atoms with Crippen LogP contribution in [0.4, 0.5) is 0 Å². The van der Waals surface area contributed by atoms with Crippen molar-refractivity contribution in [2.75, 3.05) is 13.2 Å². The van der Waals surface area contributed by atoms with Crippen LogP contribution in [0.25, 0.3) is 0 Å². The van der Waals surface area contributed by atoms with Gasteiger partial charge < -0.3 is 5.11 Å². The Bertz CT molecular complexity index is 686. The van der Waals surface area contributed by atoms with E-state index in [0.29, 0.717) is 0 Å².